The highest BCUT2D eigenvalue weighted by Gasteiger charge is 2.24. The molecule has 186 valence electrons. The zero-order chi connectivity index (χ0) is 25.5. The summed E-state index contributed by atoms with van der Waals surface area (Å²) < 4.78 is 21.9. The Morgan fingerprint density at radius 2 is 1.74 bits per heavy atom. The van der Waals surface area contributed by atoms with Crippen molar-refractivity contribution in [1.82, 2.24) is 0 Å². The van der Waals surface area contributed by atoms with Crippen LogP contribution in [0.1, 0.15) is 48.2 Å². The van der Waals surface area contributed by atoms with Gasteiger partial charge in [-0.05, 0) is 54.7 Å². The first kappa shape index (κ1) is 26.1. The van der Waals surface area contributed by atoms with Gasteiger partial charge in [0.25, 0.3) is 5.91 Å². The van der Waals surface area contributed by atoms with Crippen molar-refractivity contribution in [3.8, 4) is 28.4 Å². The molecule has 7 nitrogen and oxygen atoms in total. The van der Waals surface area contributed by atoms with Crippen LogP contribution in [0.25, 0.3) is 11.1 Å². The predicted molar refractivity (Wildman–Crippen MR) is 138 cm³/mol. The number of amides is 1. The van der Waals surface area contributed by atoms with Crippen molar-refractivity contribution in [2.24, 2.45) is 0 Å². The second kappa shape index (κ2) is 11.8. The molecule has 0 aliphatic rings. The number of esters is 1. The van der Waals surface area contributed by atoms with E-state index in [1.165, 1.54) is 11.3 Å². The van der Waals surface area contributed by atoms with Gasteiger partial charge in [0, 0.05) is 10.9 Å². The summed E-state index contributed by atoms with van der Waals surface area (Å²) in [6, 6.07) is 11.3. The molecule has 8 heteroatoms. The number of ether oxygens (including phenoxy) is 4. The van der Waals surface area contributed by atoms with Gasteiger partial charge in [-0.2, -0.15) is 0 Å². The molecule has 0 saturated carbocycles. The van der Waals surface area contributed by atoms with E-state index in [0.29, 0.717) is 27.8 Å². The number of hydrogen-bond acceptors (Lipinski definition) is 7. The summed E-state index contributed by atoms with van der Waals surface area (Å²) in [7, 11) is 3.11. The molecule has 0 spiro atoms. The quantitative estimate of drug-likeness (QED) is 0.343. The van der Waals surface area contributed by atoms with Crippen molar-refractivity contribution in [3.05, 3.63) is 58.5 Å². The van der Waals surface area contributed by atoms with Crippen molar-refractivity contribution >= 4 is 28.2 Å². The van der Waals surface area contributed by atoms with E-state index >= 15 is 0 Å². The fourth-order valence-electron chi connectivity index (χ4n) is 3.62. The lowest BCUT2D eigenvalue weighted by molar-refractivity contribution is -0.118. The SMILES string of the molecule is CCOC(=O)c1c(-c2ccc(OC)c(OC)c2)csc1NC(=O)COc1cc(C)ccc1C(C)C. The van der Waals surface area contributed by atoms with E-state index in [-0.39, 0.29) is 30.6 Å². The fraction of sp³-hybridized carbons (Fsp3) is 0.333. The van der Waals surface area contributed by atoms with Crippen LogP contribution in [0.3, 0.4) is 0 Å². The van der Waals surface area contributed by atoms with Crippen molar-refractivity contribution < 1.29 is 28.5 Å². The van der Waals surface area contributed by atoms with E-state index in [9.17, 15) is 9.59 Å². The fourth-order valence-corrected chi connectivity index (χ4v) is 4.60. The molecule has 0 saturated heterocycles. The zero-order valence-electron chi connectivity index (χ0n) is 20.9. The van der Waals surface area contributed by atoms with Gasteiger partial charge in [-0.15, -0.1) is 11.3 Å². The molecule has 1 heterocycles. The summed E-state index contributed by atoms with van der Waals surface area (Å²) in [6.07, 6.45) is 0. The molecular formula is C27H31NO6S. The Morgan fingerprint density at radius 1 is 1.00 bits per heavy atom. The molecule has 35 heavy (non-hydrogen) atoms. The molecule has 0 fully saturated rings. The highest BCUT2D eigenvalue weighted by atomic mass is 32.1. The first-order chi connectivity index (χ1) is 16.8. The number of thiophene rings is 1. The van der Waals surface area contributed by atoms with Crippen LogP contribution in [-0.2, 0) is 9.53 Å². The number of carbonyl (C=O) groups excluding carboxylic acids is 2. The first-order valence-electron chi connectivity index (χ1n) is 11.3. The highest BCUT2D eigenvalue weighted by Crippen LogP contribution is 2.39. The van der Waals surface area contributed by atoms with Crippen LogP contribution in [0.15, 0.2) is 41.8 Å². The summed E-state index contributed by atoms with van der Waals surface area (Å²) in [4.78, 5) is 25.7. The monoisotopic (exact) mass is 497 g/mol. The lowest BCUT2D eigenvalue weighted by atomic mass is 10.0. The minimum Gasteiger partial charge on any atom is -0.493 e. The molecule has 0 atom stereocenters. The van der Waals surface area contributed by atoms with Crippen LogP contribution >= 0.6 is 11.3 Å². The highest BCUT2D eigenvalue weighted by molar-refractivity contribution is 7.15. The van der Waals surface area contributed by atoms with Crippen molar-refractivity contribution in [1.29, 1.82) is 0 Å². The first-order valence-corrected chi connectivity index (χ1v) is 12.2. The van der Waals surface area contributed by atoms with Gasteiger partial charge >= 0.3 is 5.97 Å². The lowest BCUT2D eigenvalue weighted by Crippen LogP contribution is -2.21. The molecule has 0 aliphatic heterocycles. The molecule has 0 radical (unpaired) electrons. The molecular weight excluding hydrogens is 466 g/mol. The molecule has 0 unspecified atom stereocenters. The average Bonchev–Trinajstić information content (AvgIpc) is 3.25. The predicted octanol–water partition coefficient (Wildman–Crippen LogP) is 6.06. The van der Waals surface area contributed by atoms with Gasteiger partial charge in [-0.1, -0.05) is 32.0 Å². The Labute approximate surface area is 210 Å². The Balaban J connectivity index is 1.86. The maximum Gasteiger partial charge on any atom is 0.341 e. The number of nitrogens with one attached hydrogen (secondary N) is 1. The molecule has 3 rings (SSSR count). The van der Waals surface area contributed by atoms with Crippen molar-refractivity contribution in [2.75, 3.05) is 32.8 Å². The van der Waals surface area contributed by atoms with Gasteiger partial charge in [-0.25, -0.2) is 4.79 Å². The molecule has 1 aromatic heterocycles. The van der Waals surface area contributed by atoms with Gasteiger partial charge in [0.05, 0.1) is 20.8 Å². The van der Waals surface area contributed by atoms with E-state index in [1.54, 1.807) is 38.7 Å². The van der Waals surface area contributed by atoms with Crippen molar-refractivity contribution in [3.63, 3.8) is 0 Å². The van der Waals surface area contributed by atoms with E-state index < -0.39 is 5.97 Å². The smallest absolute Gasteiger partial charge is 0.341 e. The number of anilines is 1. The van der Waals surface area contributed by atoms with Crippen molar-refractivity contribution in [2.45, 2.75) is 33.6 Å². The van der Waals surface area contributed by atoms with Gasteiger partial charge in [0.1, 0.15) is 16.3 Å². The molecule has 0 bridgehead atoms. The Kier molecular flexibility index (Phi) is 8.76. The maximum absolute atomic E-state index is 12.9. The Hall–Kier alpha value is -3.52. The van der Waals surface area contributed by atoms with Crippen LogP contribution in [0.4, 0.5) is 5.00 Å². The summed E-state index contributed by atoms with van der Waals surface area (Å²) in [5.74, 6) is 1.15. The van der Waals surface area contributed by atoms with Gasteiger partial charge < -0.3 is 24.3 Å². The van der Waals surface area contributed by atoms with Crippen LogP contribution in [0.5, 0.6) is 17.2 Å². The minimum atomic E-state index is -0.518. The van der Waals surface area contributed by atoms with Gasteiger partial charge in [-0.3, -0.25) is 4.79 Å². The van der Waals surface area contributed by atoms with Crippen LogP contribution in [0.2, 0.25) is 0 Å². The summed E-state index contributed by atoms with van der Waals surface area (Å²) in [6.45, 7) is 7.89. The number of hydrogen-bond donors (Lipinski definition) is 1. The summed E-state index contributed by atoms with van der Waals surface area (Å²) in [5, 5.41) is 5.03. The molecule has 0 aliphatic carbocycles. The number of benzene rings is 2. The average molecular weight is 498 g/mol. The minimum absolute atomic E-state index is 0.185. The van der Waals surface area contributed by atoms with E-state index in [2.05, 4.69) is 19.2 Å². The standard InChI is InChI=1S/C27H31NO6S/c1-7-33-27(30)25-20(18-9-11-21(31-5)23(13-18)32-6)15-35-26(25)28-24(29)14-34-22-12-17(4)8-10-19(22)16(2)3/h8-13,15-16H,7,14H2,1-6H3,(H,28,29). The molecule has 1 N–H and O–H groups in total. The molecule has 3 aromatic rings. The van der Waals surface area contributed by atoms with Crippen LogP contribution < -0.4 is 19.5 Å². The third kappa shape index (κ3) is 6.14. The normalized spacial score (nSPS) is 10.7. The number of methoxy groups -OCH3 is 2. The topological polar surface area (TPSA) is 83.1 Å². The lowest BCUT2D eigenvalue weighted by Gasteiger charge is -2.15. The number of aryl methyl sites for hydroxylation is 1. The zero-order valence-corrected chi connectivity index (χ0v) is 21.7. The number of carbonyl (C=O) groups is 2. The van der Waals surface area contributed by atoms with E-state index in [4.69, 9.17) is 18.9 Å². The van der Waals surface area contributed by atoms with E-state index in [1.807, 2.05) is 31.2 Å². The second-order valence-electron chi connectivity index (χ2n) is 8.18. The molecule has 1 amide bonds. The maximum atomic E-state index is 12.9. The Bertz CT molecular complexity index is 1200. The molecule has 2 aromatic carbocycles. The largest absolute Gasteiger partial charge is 0.493 e. The third-order valence-corrected chi connectivity index (χ3v) is 6.26. The number of rotatable bonds is 10. The van der Waals surface area contributed by atoms with Crippen LogP contribution in [0, 0.1) is 6.92 Å². The summed E-state index contributed by atoms with van der Waals surface area (Å²) in [5.41, 5.74) is 3.73. The third-order valence-electron chi connectivity index (χ3n) is 5.37. The van der Waals surface area contributed by atoms with E-state index in [0.717, 1.165) is 16.7 Å². The van der Waals surface area contributed by atoms with Gasteiger partial charge in [0.2, 0.25) is 0 Å². The second-order valence-corrected chi connectivity index (χ2v) is 9.06. The Morgan fingerprint density at radius 3 is 2.40 bits per heavy atom. The van der Waals surface area contributed by atoms with Gasteiger partial charge in [0.15, 0.2) is 18.1 Å². The van der Waals surface area contributed by atoms with Crippen LogP contribution in [-0.4, -0.2) is 39.3 Å². The summed E-state index contributed by atoms with van der Waals surface area (Å²) >= 11 is 1.25.